The van der Waals surface area contributed by atoms with Crippen molar-refractivity contribution >= 4 is 40.0 Å². The highest BCUT2D eigenvalue weighted by atomic mass is 16.5. The van der Waals surface area contributed by atoms with Gasteiger partial charge in [0.15, 0.2) is 0 Å². The van der Waals surface area contributed by atoms with Gasteiger partial charge in [0.25, 0.3) is 5.56 Å². The van der Waals surface area contributed by atoms with E-state index in [0.717, 1.165) is 4.57 Å². The summed E-state index contributed by atoms with van der Waals surface area (Å²) in [5, 5.41) is 6.14. The number of hydrogen-bond donors (Lipinski definition) is 2. The van der Waals surface area contributed by atoms with Crippen LogP contribution in [0.5, 0.6) is 0 Å². The van der Waals surface area contributed by atoms with Crippen molar-refractivity contribution in [2.24, 2.45) is 4.99 Å². The zero-order valence-corrected chi connectivity index (χ0v) is 19.6. The molecule has 0 radical (unpaired) electrons. The lowest BCUT2D eigenvalue weighted by Crippen LogP contribution is -2.44. The van der Waals surface area contributed by atoms with Crippen LogP contribution in [-0.2, 0) is 27.4 Å². The molecule has 0 atom stereocenters. The number of amidine groups is 1. The van der Waals surface area contributed by atoms with Crippen LogP contribution in [0.3, 0.4) is 0 Å². The molecule has 3 aromatic rings. The van der Waals surface area contributed by atoms with Crippen LogP contribution in [0, 0.1) is 0 Å². The maximum Gasteiger partial charge on any atom is 0.343 e. The molecule has 0 bridgehead atoms. The Bertz CT molecular complexity index is 1510. The molecule has 10 nitrogen and oxygen atoms in total. The molecule has 0 unspecified atom stereocenters. The van der Waals surface area contributed by atoms with Gasteiger partial charge in [-0.25, -0.2) is 14.6 Å². The number of hydrogen-bond acceptors (Lipinski definition) is 7. The summed E-state index contributed by atoms with van der Waals surface area (Å²) < 4.78 is 7.51. The topological polar surface area (TPSA) is 124 Å². The number of nitrogens with one attached hydrogen (secondary N) is 2. The van der Waals surface area contributed by atoms with E-state index in [1.807, 2.05) is 6.07 Å². The van der Waals surface area contributed by atoms with Gasteiger partial charge in [-0.2, -0.15) is 0 Å². The van der Waals surface area contributed by atoms with Crippen molar-refractivity contribution in [2.75, 3.05) is 11.9 Å². The van der Waals surface area contributed by atoms with Crippen molar-refractivity contribution in [1.29, 1.82) is 0 Å². The van der Waals surface area contributed by atoms with Crippen LogP contribution in [0.25, 0.3) is 10.9 Å². The standard InChI is InChI=1S/C25H25N5O5/c1-4-29-23(32)16-10-6-9-13-19(16)30(25(29)34)14-20(31)28-22-21(24(33)35-5-2)15(3)26-17-11-7-8-12-18(17)27-22/h6-13,26H,4-5,14H2,1-3H3,(H,27,28,31). The Morgan fingerprint density at radius 3 is 2.49 bits per heavy atom. The number of para-hydroxylation sites is 3. The molecule has 180 valence electrons. The largest absolute Gasteiger partial charge is 0.462 e. The third-order valence-corrected chi connectivity index (χ3v) is 5.56. The average molecular weight is 476 g/mol. The summed E-state index contributed by atoms with van der Waals surface area (Å²) in [7, 11) is 0. The quantitative estimate of drug-likeness (QED) is 0.546. The van der Waals surface area contributed by atoms with E-state index in [2.05, 4.69) is 15.6 Å². The Morgan fingerprint density at radius 1 is 1.03 bits per heavy atom. The van der Waals surface area contributed by atoms with Gasteiger partial charge >= 0.3 is 11.7 Å². The molecule has 35 heavy (non-hydrogen) atoms. The molecule has 10 heteroatoms. The third-order valence-electron chi connectivity index (χ3n) is 5.56. The molecule has 4 rings (SSSR count). The van der Waals surface area contributed by atoms with E-state index in [1.54, 1.807) is 63.2 Å². The predicted molar refractivity (Wildman–Crippen MR) is 133 cm³/mol. The van der Waals surface area contributed by atoms with Crippen LogP contribution >= 0.6 is 0 Å². The SMILES string of the molecule is CCOC(=O)C1=C(C)Nc2ccccc2N=C1NC(=O)Cn1c(=O)n(CC)c(=O)c2ccccc21. The third kappa shape index (κ3) is 4.50. The number of esters is 1. The monoisotopic (exact) mass is 475 g/mol. The molecule has 0 spiro atoms. The molecule has 1 aromatic heterocycles. The zero-order valence-electron chi connectivity index (χ0n) is 19.6. The first-order valence-corrected chi connectivity index (χ1v) is 11.2. The van der Waals surface area contributed by atoms with Gasteiger partial charge < -0.3 is 15.4 Å². The molecule has 2 heterocycles. The number of nitrogens with zero attached hydrogens (tertiary/aromatic N) is 3. The number of amides is 1. The minimum Gasteiger partial charge on any atom is -0.462 e. The lowest BCUT2D eigenvalue weighted by Gasteiger charge is -2.15. The number of carbonyl (C=O) groups excluding carboxylic acids is 2. The first kappa shape index (κ1) is 23.7. The van der Waals surface area contributed by atoms with E-state index < -0.39 is 23.1 Å². The van der Waals surface area contributed by atoms with E-state index >= 15 is 0 Å². The number of allylic oxidation sites excluding steroid dienone is 1. The molecular weight excluding hydrogens is 450 g/mol. The number of fused-ring (bicyclic) bond motifs is 2. The van der Waals surface area contributed by atoms with Crippen molar-refractivity contribution in [3.63, 3.8) is 0 Å². The minimum absolute atomic E-state index is 0.00423. The zero-order chi connectivity index (χ0) is 25.1. The van der Waals surface area contributed by atoms with Gasteiger partial charge in [0.1, 0.15) is 18.0 Å². The number of aliphatic imine (C=N–C) groups is 1. The molecule has 1 aliphatic heterocycles. The van der Waals surface area contributed by atoms with E-state index in [-0.39, 0.29) is 31.1 Å². The number of benzene rings is 2. The number of rotatable bonds is 5. The summed E-state index contributed by atoms with van der Waals surface area (Å²) in [6.45, 7) is 4.97. The van der Waals surface area contributed by atoms with Crippen LogP contribution < -0.4 is 21.9 Å². The predicted octanol–water partition coefficient (Wildman–Crippen LogP) is 2.29. The van der Waals surface area contributed by atoms with E-state index in [9.17, 15) is 19.2 Å². The van der Waals surface area contributed by atoms with Crippen molar-refractivity contribution in [1.82, 2.24) is 14.5 Å². The van der Waals surface area contributed by atoms with Crippen LogP contribution in [0.2, 0.25) is 0 Å². The fourth-order valence-electron chi connectivity index (χ4n) is 3.96. The van der Waals surface area contributed by atoms with Crippen LogP contribution in [0.4, 0.5) is 11.4 Å². The van der Waals surface area contributed by atoms with Crippen LogP contribution in [0.1, 0.15) is 20.8 Å². The number of ether oxygens (including phenoxy) is 1. The lowest BCUT2D eigenvalue weighted by atomic mass is 10.2. The highest BCUT2D eigenvalue weighted by Gasteiger charge is 2.26. The lowest BCUT2D eigenvalue weighted by molar-refractivity contribution is -0.137. The van der Waals surface area contributed by atoms with Gasteiger partial charge in [-0.1, -0.05) is 24.3 Å². The average Bonchev–Trinajstić information content (AvgIpc) is 2.97. The summed E-state index contributed by atoms with van der Waals surface area (Å²) in [5.74, 6) is -1.23. The van der Waals surface area contributed by atoms with Crippen molar-refractivity contribution in [3.05, 3.63) is 80.6 Å². The fourth-order valence-corrected chi connectivity index (χ4v) is 3.96. The van der Waals surface area contributed by atoms with Gasteiger partial charge in [-0.15, -0.1) is 0 Å². The molecule has 0 saturated carbocycles. The fraction of sp³-hybridized carbons (Fsp3) is 0.240. The van der Waals surface area contributed by atoms with E-state index in [4.69, 9.17) is 4.74 Å². The Hall–Kier alpha value is -4.47. The van der Waals surface area contributed by atoms with E-state index in [1.165, 1.54) is 4.57 Å². The summed E-state index contributed by atoms with van der Waals surface area (Å²) in [4.78, 5) is 56.1. The molecule has 0 fully saturated rings. The number of anilines is 1. The van der Waals surface area contributed by atoms with Gasteiger partial charge in [0.2, 0.25) is 5.91 Å². The maximum absolute atomic E-state index is 13.2. The van der Waals surface area contributed by atoms with Gasteiger partial charge in [0.05, 0.1) is 28.9 Å². The summed E-state index contributed by atoms with van der Waals surface area (Å²) in [5.41, 5.74) is 1.04. The molecular formula is C25H25N5O5. The van der Waals surface area contributed by atoms with Gasteiger partial charge in [0, 0.05) is 12.2 Å². The second kappa shape index (κ2) is 9.80. The highest BCUT2D eigenvalue weighted by molar-refractivity contribution is 6.24. The molecule has 0 aliphatic carbocycles. The van der Waals surface area contributed by atoms with Crippen molar-refractivity contribution in [3.8, 4) is 0 Å². The molecule has 2 aromatic carbocycles. The Kier molecular flexibility index (Phi) is 6.63. The highest BCUT2D eigenvalue weighted by Crippen LogP contribution is 2.30. The summed E-state index contributed by atoms with van der Waals surface area (Å²) in [6.07, 6.45) is 0. The second-order valence-electron chi connectivity index (χ2n) is 7.81. The molecule has 0 saturated heterocycles. The van der Waals surface area contributed by atoms with Gasteiger partial charge in [-0.3, -0.25) is 18.7 Å². The minimum atomic E-state index is -0.647. The van der Waals surface area contributed by atoms with Crippen LogP contribution in [-0.4, -0.2) is 33.5 Å². The Labute approximate surface area is 200 Å². The van der Waals surface area contributed by atoms with Crippen molar-refractivity contribution < 1.29 is 14.3 Å². The number of aromatic nitrogens is 2. The van der Waals surface area contributed by atoms with Gasteiger partial charge in [-0.05, 0) is 45.0 Å². The van der Waals surface area contributed by atoms with E-state index in [0.29, 0.717) is 28.0 Å². The Balaban J connectivity index is 1.76. The second-order valence-corrected chi connectivity index (χ2v) is 7.81. The maximum atomic E-state index is 13.2. The number of carbonyl (C=O) groups is 2. The summed E-state index contributed by atoms with van der Waals surface area (Å²) in [6, 6.07) is 13.8. The molecule has 1 aliphatic rings. The normalized spacial score (nSPS) is 12.9. The first-order chi connectivity index (χ1) is 16.8. The summed E-state index contributed by atoms with van der Waals surface area (Å²) >= 11 is 0. The van der Waals surface area contributed by atoms with Crippen molar-refractivity contribution in [2.45, 2.75) is 33.9 Å². The molecule has 2 N–H and O–H groups in total. The Morgan fingerprint density at radius 2 is 1.74 bits per heavy atom. The molecule has 1 amide bonds. The smallest absolute Gasteiger partial charge is 0.343 e. The first-order valence-electron chi connectivity index (χ1n) is 11.2. The van der Waals surface area contributed by atoms with Crippen LogP contribution in [0.15, 0.2) is 74.4 Å².